The van der Waals surface area contributed by atoms with Crippen molar-refractivity contribution in [3.05, 3.63) is 21.4 Å². The van der Waals surface area contributed by atoms with Crippen LogP contribution in [0.25, 0.3) is 0 Å². The molecule has 2 aromatic heterocycles. The fourth-order valence-electron chi connectivity index (χ4n) is 1.46. The van der Waals surface area contributed by atoms with Gasteiger partial charge in [0.1, 0.15) is 5.82 Å². The van der Waals surface area contributed by atoms with Crippen LogP contribution in [-0.2, 0) is 6.42 Å². The van der Waals surface area contributed by atoms with Crippen molar-refractivity contribution in [2.45, 2.75) is 27.2 Å². The molecule has 0 unspecified atom stereocenters. The molecule has 2 heterocycles. The van der Waals surface area contributed by atoms with Gasteiger partial charge in [-0.25, -0.2) is 9.97 Å². The molecule has 2 rings (SSSR count). The molecule has 1 N–H and O–H groups in total. The Kier molecular flexibility index (Phi) is 3.50. The van der Waals surface area contributed by atoms with E-state index in [0.29, 0.717) is 0 Å². The number of hydrogen-bond donors (Lipinski definition) is 1. The second-order valence-electron chi connectivity index (χ2n) is 3.56. The van der Waals surface area contributed by atoms with Gasteiger partial charge in [-0.1, -0.05) is 0 Å². The zero-order valence-electron chi connectivity index (χ0n) is 9.57. The van der Waals surface area contributed by atoms with Gasteiger partial charge in [0.15, 0.2) is 0 Å². The topological polar surface area (TPSA) is 50.7 Å². The maximum atomic E-state index is 4.41. The molecule has 6 heteroatoms. The molecule has 0 aliphatic carbocycles. The van der Waals surface area contributed by atoms with Gasteiger partial charge < -0.3 is 5.32 Å². The van der Waals surface area contributed by atoms with E-state index in [1.807, 2.05) is 13.8 Å². The first-order valence-electron chi connectivity index (χ1n) is 5.12. The Morgan fingerprint density at radius 2 is 2.00 bits per heavy atom. The molecule has 4 nitrogen and oxygen atoms in total. The molecule has 0 spiro atoms. The number of hydrogen-bond acceptors (Lipinski definition) is 6. The highest BCUT2D eigenvalue weighted by molar-refractivity contribution is 7.11. The average molecular weight is 254 g/mol. The van der Waals surface area contributed by atoms with Crippen molar-refractivity contribution >= 4 is 28.0 Å². The van der Waals surface area contributed by atoms with E-state index < -0.39 is 0 Å². The molecule has 86 valence electrons. The summed E-state index contributed by atoms with van der Waals surface area (Å²) in [5.74, 6) is 0.831. The summed E-state index contributed by atoms with van der Waals surface area (Å²) in [7, 11) is 0. The van der Waals surface area contributed by atoms with Gasteiger partial charge in [0.2, 0.25) is 5.13 Å². The van der Waals surface area contributed by atoms with E-state index in [4.69, 9.17) is 0 Å². The number of aromatic nitrogens is 3. The lowest BCUT2D eigenvalue weighted by molar-refractivity contribution is 1.01. The van der Waals surface area contributed by atoms with E-state index in [9.17, 15) is 0 Å². The minimum Gasteiger partial charge on any atom is -0.360 e. The van der Waals surface area contributed by atoms with Crippen LogP contribution in [0, 0.1) is 20.8 Å². The van der Waals surface area contributed by atoms with Crippen LogP contribution in [0.1, 0.15) is 21.4 Å². The van der Waals surface area contributed by atoms with E-state index in [0.717, 1.165) is 34.6 Å². The Morgan fingerprint density at radius 1 is 1.19 bits per heavy atom. The summed E-state index contributed by atoms with van der Waals surface area (Å²) in [6, 6.07) is 0. The minimum absolute atomic E-state index is 0.831. The average Bonchev–Trinajstić information content (AvgIpc) is 2.74. The number of nitrogens with one attached hydrogen (secondary N) is 1. The first-order valence-corrected chi connectivity index (χ1v) is 6.71. The van der Waals surface area contributed by atoms with Gasteiger partial charge in [-0.05, 0) is 20.8 Å². The quantitative estimate of drug-likeness (QED) is 0.911. The van der Waals surface area contributed by atoms with Gasteiger partial charge >= 0.3 is 0 Å². The summed E-state index contributed by atoms with van der Waals surface area (Å²) in [5.41, 5.74) is 1.15. The summed E-state index contributed by atoms with van der Waals surface area (Å²) in [6.45, 7) is 6.89. The molecule has 0 amide bonds. The Balaban J connectivity index is 1.86. The first-order chi connectivity index (χ1) is 7.65. The van der Waals surface area contributed by atoms with Gasteiger partial charge in [0.05, 0.1) is 10.7 Å². The molecule has 0 saturated carbocycles. The lowest BCUT2D eigenvalue weighted by atomic mass is 10.3. The summed E-state index contributed by atoms with van der Waals surface area (Å²) in [4.78, 5) is 10.0. The van der Waals surface area contributed by atoms with Crippen LogP contribution in [-0.4, -0.2) is 20.9 Å². The fraction of sp³-hybridized carbons (Fsp3) is 0.500. The highest BCUT2D eigenvalue weighted by Gasteiger charge is 2.05. The van der Waals surface area contributed by atoms with Gasteiger partial charge in [0.25, 0.3) is 0 Å². The van der Waals surface area contributed by atoms with Gasteiger partial charge in [-0.2, -0.15) is 4.37 Å². The lowest BCUT2D eigenvalue weighted by Gasteiger charge is -2.00. The lowest BCUT2D eigenvalue weighted by Crippen LogP contribution is -2.04. The van der Waals surface area contributed by atoms with E-state index in [-0.39, 0.29) is 0 Å². The zero-order valence-corrected chi connectivity index (χ0v) is 11.2. The van der Waals surface area contributed by atoms with E-state index in [2.05, 4.69) is 26.6 Å². The smallest absolute Gasteiger partial charge is 0.202 e. The molecule has 0 atom stereocenters. The normalized spacial score (nSPS) is 10.7. The molecule has 0 aromatic carbocycles. The summed E-state index contributed by atoms with van der Waals surface area (Å²) >= 11 is 3.18. The van der Waals surface area contributed by atoms with Crippen LogP contribution in [0.5, 0.6) is 0 Å². The van der Waals surface area contributed by atoms with E-state index in [1.54, 1.807) is 11.3 Å². The molecule has 0 saturated heterocycles. The zero-order chi connectivity index (χ0) is 11.5. The van der Waals surface area contributed by atoms with Crippen molar-refractivity contribution in [3.8, 4) is 0 Å². The van der Waals surface area contributed by atoms with Crippen LogP contribution >= 0.6 is 22.9 Å². The van der Waals surface area contributed by atoms with Crippen LogP contribution in [0.3, 0.4) is 0 Å². The largest absolute Gasteiger partial charge is 0.360 e. The molecule has 0 bridgehead atoms. The SMILES string of the molecule is Cc1nsc(NCCc2sc(C)nc2C)n1. The maximum Gasteiger partial charge on any atom is 0.202 e. The second-order valence-corrected chi connectivity index (χ2v) is 5.60. The molecule has 0 radical (unpaired) electrons. The first kappa shape index (κ1) is 11.5. The monoisotopic (exact) mass is 254 g/mol. The third-order valence-electron chi connectivity index (χ3n) is 2.16. The van der Waals surface area contributed by atoms with E-state index >= 15 is 0 Å². The molecule has 0 aliphatic heterocycles. The Labute approximate surface area is 103 Å². The fourth-order valence-corrected chi connectivity index (χ4v) is 2.99. The van der Waals surface area contributed by atoms with Gasteiger partial charge in [0, 0.05) is 29.4 Å². The Bertz CT molecular complexity index is 475. The number of thiazole rings is 1. The van der Waals surface area contributed by atoms with Gasteiger partial charge in [-0.15, -0.1) is 11.3 Å². The number of nitrogens with zero attached hydrogens (tertiary/aromatic N) is 3. The summed E-state index contributed by atoms with van der Waals surface area (Å²) < 4.78 is 4.12. The standard InChI is InChI=1S/C10H14N4S2/c1-6-9(15-8(3)12-6)4-5-11-10-13-7(2)14-16-10/h4-5H2,1-3H3,(H,11,13,14). The van der Waals surface area contributed by atoms with Gasteiger partial charge in [-0.3, -0.25) is 0 Å². The molecular weight excluding hydrogens is 240 g/mol. The maximum absolute atomic E-state index is 4.41. The molecule has 0 fully saturated rings. The predicted octanol–water partition coefficient (Wildman–Crippen LogP) is 2.57. The number of anilines is 1. The van der Waals surface area contributed by atoms with Crippen molar-refractivity contribution < 1.29 is 0 Å². The van der Waals surface area contributed by atoms with Crippen LogP contribution in [0.4, 0.5) is 5.13 Å². The summed E-state index contributed by atoms with van der Waals surface area (Å²) in [5, 5.41) is 5.31. The molecule has 16 heavy (non-hydrogen) atoms. The predicted molar refractivity (Wildman–Crippen MR) is 68.4 cm³/mol. The third kappa shape index (κ3) is 2.76. The van der Waals surface area contributed by atoms with Crippen molar-refractivity contribution in [2.24, 2.45) is 0 Å². The highest BCUT2D eigenvalue weighted by atomic mass is 32.1. The van der Waals surface area contributed by atoms with Crippen molar-refractivity contribution in [3.63, 3.8) is 0 Å². The molecular formula is C10H14N4S2. The van der Waals surface area contributed by atoms with Crippen LogP contribution < -0.4 is 5.32 Å². The minimum atomic E-state index is 0.831. The molecule has 2 aromatic rings. The number of aryl methyl sites for hydroxylation is 3. The second kappa shape index (κ2) is 4.88. The molecule has 0 aliphatic rings. The van der Waals surface area contributed by atoms with Crippen molar-refractivity contribution in [1.82, 2.24) is 14.3 Å². The van der Waals surface area contributed by atoms with Crippen molar-refractivity contribution in [1.29, 1.82) is 0 Å². The summed E-state index contributed by atoms with van der Waals surface area (Å²) in [6.07, 6.45) is 0.996. The number of rotatable bonds is 4. The Morgan fingerprint density at radius 3 is 2.56 bits per heavy atom. The highest BCUT2D eigenvalue weighted by Crippen LogP contribution is 2.18. The third-order valence-corrected chi connectivity index (χ3v) is 4.05. The van der Waals surface area contributed by atoms with Crippen LogP contribution in [0.2, 0.25) is 0 Å². The Hall–Kier alpha value is -1.01. The van der Waals surface area contributed by atoms with E-state index in [1.165, 1.54) is 16.4 Å². The van der Waals surface area contributed by atoms with Crippen LogP contribution in [0.15, 0.2) is 0 Å². The van der Waals surface area contributed by atoms with Crippen molar-refractivity contribution in [2.75, 3.05) is 11.9 Å².